The second-order valence-corrected chi connectivity index (χ2v) is 15.1. The van der Waals surface area contributed by atoms with Gasteiger partial charge in [-0.05, 0) is 62.3 Å². The molecule has 20 heteroatoms. The number of esters is 1. The highest BCUT2D eigenvalue weighted by atomic mass is 32.2. The molecule has 3 atom stereocenters. The lowest BCUT2D eigenvalue weighted by molar-refractivity contribution is -0.179. The van der Waals surface area contributed by atoms with Gasteiger partial charge in [0.25, 0.3) is 11.8 Å². The summed E-state index contributed by atoms with van der Waals surface area (Å²) in [5.74, 6) is -3.12. The summed E-state index contributed by atoms with van der Waals surface area (Å²) in [6, 6.07) is -2.97. The van der Waals surface area contributed by atoms with Crippen LogP contribution in [0.15, 0.2) is 10.5 Å². The van der Waals surface area contributed by atoms with Crippen molar-refractivity contribution in [2.24, 2.45) is 5.16 Å². The molecule has 0 radical (unpaired) electrons. The van der Waals surface area contributed by atoms with Gasteiger partial charge in [-0.15, -0.1) is 11.3 Å². The Morgan fingerprint density at radius 2 is 1.72 bits per heavy atom. The number of carbonyl (C=O) groups excluding carboxylic acids is 5. The topological polar surface area (TPSA) is 232 Å². The first-order valence-corrected chi connectivity index (χ1v) is 16.2. The minimum Gasteiger partial charge on any atom is -0.457 e. The van der Waals surface area contributed by atoms with Crippen molar-refractivity contribution in [2.45, 2.75) is 97.3 Å². The highest BCUT2D eigenvalue weighted by molar-refractivity contribution is 7.84. The van der Waals surface area contributed by atoms with E-state index in [1.807, 2.05) is 0 Å². The number of cyclic esters (lactones) is 1. The summed E-state index contributed by atoms with van der Waals surface area (Å²) in [6.45, 7) is 13.8. The van der Waals surface area contributed by atoms with E-state index in [4.69, 9.17) is 19.0 Å². The molecule has 3 heterocycles. The van der Waals surface area contributed by atoms with Crippen molar-refractivity contribution in [3.8, 4) is 0 Å². The van der Waals surface area contributed by atoms with E-state index in [9.17, 15) is 36.9 Å². The zero-order valence-electron chi connectivity index (χ0n) is 26.8. The normalized spacial score (nSPS) is 20.9. The molecule has 0 aliphatic carbocycles. The monoisotopic (exact) mass is 690 g/mol. The third-order valence-electron chi connectivity index (χ3n) is 5.97. The van der Waals surface area contributed by atoms with E-state index in [0.717, 1.165) is 16.2 Å². The summed E-state index contributed by atoms with van der Waals surface area (Å²) in [7, 11) is -5.07. The van der Waals surface area contributed by atoms with Crippen LogP contribution in [0.25, 0.3) is 0 Å². The van der Waals surface area contributed by atoms with Crippen LogP contribution in [0.5, 0.6) is 0 Å². The Balaban J connectivity index is 1.92. The fourth-order valence-corrected chi connectivity index (χ4v) is 5.58. The van der Waals surface area contributed by atoms with Crippen molar-refractivity contribution >= 4 is 62.5 Å². The number of rotatable bonds is 10. The van der Waals surface area contributed by atoms with Crippen LogP contribution in [0.3, 0.4) is 0 Å². The third kappa shape index (κ3) is 9.25. The van der Waals surface area contributed by atoms with Gasteiger partial charge in [0.1, 0.15) is 29.0 Å². The number of nitrogens with zero attached hydrogens (tertiary/aromatic N) is 4. The van der Waals surface area contributed by atoms with Crippen molar-refractivity contribution in [3.05, 3.63) is 11.1 Å². The fourth-order valence-electron chi connectivity index (χ4n) is 4.03. The highest BCUT2D eigenvalue weighted by Crippen LogP contribution is 2.27. The third-order valence-corrected chi connectivity index (χ3v) is 7.68. The highest BCUT2D eigenvalue weighted by Gasteiger charge is 2.55. The van der Waals surface area contributed by atoms with E-state index in [1.165, 1.54) is 19.2 Å². The first kappa shape index (κ1) is 36.4. The first-order valence-electron chi connectivity index (χ1n) is 13.9. The van der Waals surface area contributed by atoms with Gasteiger partial charge in [-0.3, -0.25) is 19.5 Å². The Labute approximate surface area is 269 Å². The second kappa shape index (κ2) is 13.0. The molecule has 0 spiro atoms. The van der Waals surface area contributed by atoms with Gasteiger partial charge >= 0.3 is 28.5 Å². The van der Waals surface area contributed by atoms with E-state index in [1.54, 1.807) is 48.5 Å². The molecule has 3 rings (SSSR count). The molecule has 2 saturated heterocycles. The molecule has 0 bridgehead atoms. The number of carbonyl (C=O) groups is 5. The standard InChI is InChI=1S/C26H38N6O12S2/c1-13-10-31(23(37)41-13)11-15-17(19(34)32(15)46(38,39)40)28-18(33)16(30-44-26(8,9)20(35)42-24(2,3)4)14-12-45-21(27-14)29-22(36)43-25(5,6)7/h12-13,15,17H,10-11H2,1-9H3,(H,28,33)(H,27,29,36)(H,38,39,40)/t13-,15-,17+/m1/s1. The maximum absolute atomic E-state index is 13.6. The van der Waals surface area contributed by atoms with Crippen LogP contribution in [-0.2, 0) is 43.7 Å². The van der Waals surface area contributed by atoms with E-state index < -0.39 is 87.5 Å². The number of hydrogen-bond acceptors (Lipinski definition) is 14. The second-order valence-electron chi connectivity index (χ2n) is 12.9. The zero-order chi connectivity index (χ0) is 35.0. The van der Waals surface area contributed by atoms with Gasteiger partial charge < -0.3 is 29.3 Å². The number of nitrogens with one attached hydrogen (secondary N) is 2. The Bertz CT molecular complexity index is 1530. The molecule has 0 aromatic carbocycles. The maximum Gasteiger partial charge on any atom is 0.413 e. The summed E-state index contributed by atoms with van der Waals surface area (Å²) in [5, 5.41) is 9.92. The predicted molar refractivity (Wildman–Crippen MR) is 161 cm³/mol. The van der Waals surface area contributed by atoms with Crippen LogP contribution in [0, 0.1) is 0 Å². The van der Waals surface area contributed by atoms with Crippen molar-refractivity contribution in [1.82, 2.24) is 19.5 Å². The Kier molecular flexibility index (Phi) is 10.3. The maximum atomic E-state index is 13.6. The van der Waals surface area contributed by atoms with Crippen LogP contribution < -0.4 is 10.6 Å². The molecule has 4 amide bonds. The number of hydrogen-bond donors (Lipinski definition) is 3. The fraction of sp³-hybridized carbons (Fsp3) is 0.654. The quantitative estimate of drug-likeness (QED) is 0.0793. The molecule has 2 fully saturated rings. The van der Waals surface area contributed by atoms with Crippen LogP contribution in [0.1, 0.15) is 68.0 Å². The van der Waals surface area contributed by atoms with E-state index in [2.05, 4.69) is 20.8 Å². The summed E-state index contributed by atoms with van der Waals surface area (Å²) >= 11 is 0.886. The van der Waals surface area contributed by atoms with Gasteiger partial charge in [-0.2, -0.15) is 8.42 Å². The molecule has 0 unspecified atom stereocenters. The summed E-state index contributed by atoms with van der Waals surface area (Å²) < 4.78 is 49.3. The number of oxime groups is 1. The number of β-lactam (4-membered cyclic amide) rings is 1. The minimum atomic E-state index is -5.07. The van der Waals surface area contributed by atoms with Crippen LogP contribution in [-0.4, -0.2) is 111 Å². The lowest BCUT2D eigenvalue weighted by atomic mass is 9.97. The van der Waals surface area contributed by atoms with Gasteiger partial charge in [0.05, 0.1) is 12.6 Å². The van der Waals surface area contributed by atoms with Gasteiger partial charge in [-0.1, -0.05) is 5.16 Å². The number of amides is 4. The van der Waals surface area contributed by atoms with Gasteiger partial charge in [0.2, 0.25) is 5.60 Å². The average Bonchev–Trinajstić information content (AvgIpc) is 3.44. The average molecular weight is 691 g/mol. The molecule has 2 aliphatic rings. The van der Waals surface area contributed by atoms with Gasteiger partial charge in [0.15, 0.2) is 10.8 Å². The number of anilines is 1. The summed E-state index contributed by atoms with van der Waals surface area (Å²) in [4.78, 5) is 74.3. The molecular formula is C26H38N6O12S2. The summed E-state index contributed by atoms with van der Waals surface area (Å²) in [6.07, 6.45) is -2.13. The molecule has 46 heavy (non-hydrogen) atoms. The van der Waals surface area contributed by atoms with Crippen molar-refractivity contribution in [2.75, 3.05) is 18.4 Å². The Morgan fingerprint density at radius 1 is 1.11 bits per heavy atom. The van der Waals surface area contributed by atoms with Crippen LogP contribution >= 0.6 is 11.3 Å². The lowest BCUT2D eigenvalue weighted by Crippen LogP contribution is -2.74. The van der Waals surface area contributed by atoms with Crippen LogP contribution in [0.2, 0.25) is 0 Å². The molecule has 3 N–H and O–H groups in total. The molecule has 2 aliphatic heterocycles. The van der Waals surface area contributed by atoms with Crippen molar-refractivity contribution in [3.63, 3.8) is 0 Å². The number of aromatic nitrogens is 1. The van der Waals surface area contributed by atoms with Gasteiger partial charge in [-0.25, -0.2) is 23.7 Å². The van der Waals surface area contributed by atoms with Crippen LogP contribution in [0.4, 0.5) is 14.7 Å². The number of ether oxygens (including phenoxy) is 3. The Morgan fingerprint density at radius 3 is 2.24 bits per heavy atom. The molecule has 0 saturated carbocycles. The molecule has 256 valence electrons. The smallest absolute Gasteiger partial charge is 0.413 e. The number of thiazole rings is 1. The van der Waals surface area contributed by atoms with E-state index in [-0.39, 0.29) is 21.7 Å². The van der Waals surface area contributed by atoms with Crippen molar-refractivity contribution < 1.29 is 56.0 Å². The van der Waals surface area contributed by atoms with Gasteiger partial charge in [0, 0.05) is 11.9 Å². The first-order chi connectivity index (χ1) is 20.9. The van der Waals surface area contributed by atoms with E-state index in [0.29, 0.717) is 0 Å². The molecule has 1 aromatic rings. The SMILES string of the molecule is C[C@@H]1CN(C[C@@H]2[C@H](NC(=O)C(=NOC(C)(C)C(=O)OC(C)(C)C)c3csc(NC(=O)OC(C)(C)C)n3)C(=O)N2S(=O)(=O)O)C(=O)O1. The molecule has 18 nitrogen and oxygen atoms in total. The lowest BCUT2D eigenvalue weighted by Gasteiger charge is -2.45. The molecule has 1 aromatic heterocycles. The predicted octanol–water partition coefficient (Wildman–Crippen LogP) is 1.67. The summed E-state index contributed by atoms with van der Waals surface area (Å²) in [5.41, 5.74) is -4.16. The largest absolute Gasteiger partial charge is 0.457 e. The molecular weight excluding hydrogens is 652 g/mol. The van der Waals surface area contributed by atoms with E-state index >= 15 is 0 Å². The zero-order valence-corrected chi connectivity index (χ0v) is 28.4. The minimum absolute atomic E-state index is 0.00651. The Hall–Kier alpha value is -4.04. The van der Waals surface area contributed by atoms with Crippen molar-refractivity contribution in [1.29, 1.82) is 0 Å².